The van der Waals surface area contributed by atoms with Crippen LogP contribution in [0.2, 0.25) is 5.02 Å². The number of aromatic nitrogens is 3. The maximum absolute atomic E-state index is 10.4. The lowest BCUT2D eigenvalue weighted by atomic mass is 10.2. The first-order chi connectivity index (χ1) is 8.16. The highest BCUT2D eigenvalue weighted by atomic mass is 35.5. The topological polar surface area (TPSA) is 68.0 Å². The Morgan fingerprint density at radius 1 is 1.47 bits per heavy atom. The van der Waals surface area contributed by atoms with Gasteiger partial charge in [0.15, 0.2) is 0 Å². The van der Waals surface area contributed by atoms with Crippen LogP contribution in [0, 0.1) is 0 Å². The van der Waals surface area contributed by atoms with Gasteiger partial charge in [-0.25, -0.2) is 14.5 Å². The van der Waals surface area contributed by atoms with Crippen LogP contribution in [0.1, 0.15) is 5.56 Å². The van der Waals surface area contributed by atoms with Gasteiger partial charge in [0.1, 0.15) is 12.7 Å². The highest BCUT2D eigenvalue weighted by molar-refractivity contribution is 6.32. The minimum Gasteiger partial charge on any atom is -0.478 e. The molecule has 0 spiro atoms. The van der Waals surface area contributed by atoms with Gasteiger partial charge in [-0.3, -0.25) is 0 Å². The largest absolute Gasteiger partial charge is 0.478 e. The van der Waals surface area contributed by atoms with Crippen molar-refractivity contribution in [1.82, 2.24) is 14.8 Å². The van der Waals surface area contributed by atoms with Gasteiger partial charge in [0, 0.05) is 6.08 Å². The van der Waals surface area contributed by atoms with Crippen LogP contribution in [0.4, 0.5) is 0 Å². The smallest absolute Gasteiger partial charge is 0.328 e. The molecular formula is C11H8ClN3O2. The van der Waals surface area contributed by atoms with Crippen LogP contribution in [-0.4, -0.2) is 25.8 Å². The number of nitrogens with zero attached hydrogens (tertiary/aromatic N) is 3. The Bertz CT molecular complexity index is 564. The molecule has 0 saturated heterocycles. The molecule has 0 atom stereocenters. The molecule has 1 aromatic heterocycles. The highest BCUT2D eigenvalue weighted by Crippen LogP contribution is 2.21. The van der Waals surface area contributed by atoms with Gasteiger partial charge in [-0.05, 0) is 23.8 Å². The van der Waals surface area contributed by atoms with Gasteiger partial charge in [0.25, 0.3) is 0 Å². The molecule has 2 aromatic rings. The van der Waals surface area contributed by atoms with Gasteiger partial charge in [-0.2, -0.15) is 5.10 Å². The van der Waals surface area contributed by atoms with Crippen LogP contribution in [0.15, 0.2) is 36.9 Å². The summed E-state index contributed by atoms with van der Waals surface area (Å²) in [5, 5.41) is 12.9. The number of benzene rings is 1. The summed E-state index contributed by atoms with van der Waals surface area (Å²) in [6.07, 6.45) is 5.47. The van der Waals surface area contributed by atoms with Crippen LogP contribution in [-0.2, 0) is 4.79 Å². The third-order valence-corrected chi connectivity index (χ3v) is 2.36. The molecular weight excluding hydrogens is 242 g/mol. The average molecular weight is 250 g/mol. The van der Waals surface area contributed by atoms with Crippen LogP contribution in [0.25, 0.3) is 11.8 Å². The molecule has 0 aliphatic rings. The minimum atomic E-state index is -0.999. The zero-order valence-electron chi connectivity index (χ0n) is 8.62. The first-order valence-electron chi connectivity index (χ1n) is 4.72. The van der Waals surface area contributed by atoms with E-state index in [-0.39, 0.29) is 0 Å². The summed E-state index contributed by atoms with van der Waals surface area (Å²) in [7, 11) is 0. The molecule has 6 heteroatoms. The normalized spacial score (nSPS) is 10.9. The Hall–Kier alpha value is -2.14. The van der Waals surface area contributed by atoms with Gasteiger partial charge in [0.05, 0.1) is 10.7 Å². The number of carbonyl (C=O) groups is 1. The molecule has 0 unspecified atom stereocenters. The van der Waals surface area contributed by atoms with E-state index in [9.17, 15) is 4.79 Å². The van der Waals surface area contributed by atoms with Crippen molar-refractivity contribution in [2.45, 2.75) is 0 Å². The van der Waals surface area contributed by atoms with Gasteiger partial charge in [-0.1, -0.05) is 17.7 Å². The molecule has 0 radical (unpaired) electrons. The number of carboxylic acids is 1. The average Bonchev–Trinajstić information content (AvgIpc) is 2.79. The molecule has 17 heavy (non-hydrogen) atoms. The Labute approximate surface area is 102 Å². The lowest BCUT2D eigenvalue weighted by Crippen LogP contribution is -1.95. The molecule has 1 N–H and O–H groups in total. The summed E-state index contributed by atoms with van der Waals surface area (Å²) in [5.41, 5.74) is 1.40. The number of halogens is 1. The molecule has 2 rings (SSSR count). The molecule has 86 valence electrons. The Balaban J connectivity index is 2.32. The summed E-state index contributed by atoms with van der Waals surface area (Å²) in [4.78, 5) is 14.2. The Kier molecular flexibility index (Phi) is 3.20. The first kappa shape index (κ1) is 11.3. The van der Waals surface area contributed by atoms with Crippen molar-refractivity contribution in [3.05, 3.63) is 47.5 Å². The van der Waals surface area contributed by atoms with Crippen molar-refractivity contribution in [1.29, 1.82) is 0 Å². The van der Waals surface area contributed by atoms with Gasteiger partial charge in [-0.15, -0.1) is 0 Å². The Morgan fingerprint density at radius 2 is 2.29 bits per heavy atom. The SMILES string of the molecule is O=C(O)/C=C/c1ccc(-n2cncn2)c(Cl)c1. The lowest BCUT2D eigenvalue weighted by molar-refractivity contribution is -0.131. The van der Waals surface area contributed by atoms with E-state index < -0.39 is 5.97 Å². The predicted octanol–water partition coefficient (Wildman–Crippen LogP) is 2.02. The number of aliphatic carboxylic acids is 1. The van der Waals surface area contributed by atoms with Crippen LogP contribution < -0.4 is 0 Å². The fourth-order valence-electron chi connectivity index (χ4n) is 1.31. The second kappa shape index (κ2) is 4.80. The second-order valence-electron chi connectivity index (χ2n) is 3.22. The molecule has 0 aliphatic carbocycles. The third kappa shape index (κ3) is 2.70. The molecule has 0 amide bonds. The van der Waals surface area contributed by atoms with Crippen molar-refractivity contribution in [2.75, 3.05) is 0 Å². The van der Waals surface area contributed by atoms with Crippen molar-refractivity contribution >= 4 is 23.6 Å². The quantitative estimate of drug-likeness (QED) is 0.845. The fourth-order valence-corrected chi connectivity index (χ4v) is 1.59. The highest BCUT2D eigenvalue weighted by Gasteiger charge is 2.03. The molecule has 0 saturated carbocycles. The zero-order valence-corrected chi connectivity index (χ0v) is 9.37. The van der Waals surface area contributed by atoms with Gasteiger partial charge in [0.2, 0.25) is 0 Å². The Morgan fingerprint density at radius 3 is 2.88 bits per heavy atom. The molecule has 5 nitrogen and oxygen atoms in total. The van der Waals surface area contributed by atoms with E-state index >= 15 is 0 Å². The molecule has 0 bridgehead atoms. The van der Waals surface area contributed by atoms with Gasteiger partial charge >= 0.3 is 5.97 Å². The predicted molar refractivity (Wildman–Crippen MR) is 63.0 cm³/mol. The second-order valence-corrected chi connectivity index (χ2v) is 3.63. The fraction of sp³-hybridized carbons (Fsp3) is 0. The van der Waals surface area contributed by atoms with Crippen LogP contribution in [0.3, 0.4) is 0 Å². The maximum Gasteiger partial charge on any atom is 0.328 e. The number of rotatable bonds is 3. The van der Waals surface area contributed by atoms with E-state index in [1.165, 1.54) is 23.4 Å². The minimum absolute atomic E-state index is 0.475. The summed E-state index contributed by atoms with van der Waals surface area (Å²) < 4.78 is 1.53. The van der Waals surface area contributed by atoms with E-state index in [4.69, 9.17) is 16.7 Å². The molecule has 0 fully saturated rings. The van der Waals surface area contributed by atoms with Crippen LogP contribution >= 0.6 is 11.6 Å². The zero-order chi connectivity index (χ0) is 12.3. The van der Waals surface area contributed by atoms with Gasteiger partial charge < -0.3 is 5.11 Å². The van der Waals surface area contributed by atoms with Crippen molar-refractivity contribution < 1.29 is 9.90 Å². The number of hydrogen-bond donors (Lipinski definition) is 1. The van der Waals surface area contributed by atoms with E-state index in [1.54, 1.807) is 18.2 Å². The first-order valence-corrected chi connectivity index (χ1v) is 5.10. The van der Waals surface area contributed by atoms with E-state index in [0.717, 1.165) is 6.08 Å². The van der Waals surface area contributed by atoms with E-state index in [0.29, 0.717) is 16.3 Å². The maximum atomic E-state index is 10.4. The summed E-state index contributed by atoms with van der Waals surface area (Å²) in [5.74, 6) is -0.999. The summed E-state index contributed by atoms with van der Waals surface area (Å²) in [6.45, 7) is 0. The standard InChI is InChI=1S/C11H8ClN3O2/c12-9-5-8(2-4-11(16)17)1-3-10(9)15-7-13-6-14-15/h1-7H,(H,16,17)/b4-2+. The van der Waals surface area contributed by atoms with Crippen molar-refractivity contribution in [2.24, 2.45) is 0 Å². The van der Waals surface area contributed by atoms with Crippen molar-refractivity contribution in [3.63, 3.8) is 0 Å². The van der Waals surface area contributed by atoms with Crippen molar-refractivity contribution in [3.8, 4) is 5.69 Å². The molecule has 1 aromatic carbocycles. The lowest BCUT2D eigenvalue weighted by Gasteiger charge is -2.04. The summed E-state index contributed by atoms with van der Waals surface area (Å²) in [6, 6.07) is 5.17. The third-order valence-electron chi connectivity index (χ3n) is 2.06. The van der Waals surface area contributed by atoms with E-state index in [1.807, 2.05) is 0 Å². The number of hydrogen-bond acceptors (Lipinski definition) is 3. The van der Waals surface area contributed by atoms with E-state index in [2.05, 4.69) is 10.1 Å². The monoisotopic (exact) mass is 249 g/mol. The summed E-state index contributed by atoms with van der Waals surface area (Å²) >= 11 is 6.07. The molecule has 1 heterocycles. The number of carboxylic acid groups (broad SMARTS) is 1. The van der Waals surface area contributed by atoms with Crippen LogP contribution in [0.5, 0.6) is 0 Å². The molecule has 0 aliphatic heterocycles.